The highest BCUT2D eigenvalue weighted by molar-refractivity contribution is 5.85. The summed E-state index contributed by atoms with van der Waals surface area (Å²) in [5.41, 5.74) is 5.61. The molecule has 1 aromatic carbocycles. The largest absolute Gasteiger partial charge is 0.497 e. The number of methoxy groups -OCH3 is 2. The number of ether oxygens (including phenoxy) is 2. The van der Waals surface area contributed by atoms with Crippen molar-refractivity contribution in [1.29, 1.82) is 0 Å². The van der Waals surface area contributed by atoms with E-state index in [2.05, 4.69) is 0 Å². The van der Waals surface area contributed by atoms with Crippen molar-refractivity contribution in [3.8, 4) is 11.5 Å². The maximum absolute atomic E-state index is 12.4. The number of hydrogen-bond donors (Lipinski definition) is 1. The van der Waals surface area contributed by atoms with Crippen LogP contribution in [0.5, 0.6) is 11.5 Å². The van der Waals surface area contributed by atoms with E-state index in [1.807, 2.05) is 0 Å². The SMILES string of the molecule is COc1ccc([C@H](N)C(F)F)c(OC)c1.Cl. The molecule has 92 valence electrons. The van der Waals surface area contributed by atoms with Crippen LogP contribution in [0.3, 0.4) is 0 Å². The van der Waals surface area contributed by atoms with Crippen LogP contribution >= 0.6 is 12.4 Å². The summed E-state index contributed by atoms with van der Waals surface area (Å²) in [6.45, 7) is 0. The molecule has 0 fully saturated rings. The Balaban J connectivity index is 0.00000225. The third kappa shape index (κ3) is 3.21. The zero-order valence-electron chi connectivity index (χ0n) is 8.94. The average molecular weight is 254 g/mol. The van der Waals surface area contributed by atoms with Gasteiger partial charge in [-0.25, -0.2) is 8.78 Å². The van der Waals surface area contributed by atoms with Gasteiger partial charge in [0.15, 0.2) is 0 Å². The lowest BCUT2D eigenvalue weighted by molar-refractivity contribution is 0.115. The topological polar surface area (TPSA) is 44.5 Å². The van der Waals surface area contributed by atoms with Crippen LogP contribution in [0.2, 0.25) is 0 Å². The predicted octanol–water partition coefficient (Wildman–Crippen LogP) is 2.39. The number of hydrogen-bond acceptors (Lipinski definition) is 3. The molecule has 0 amide bonds. The Morgan fingerprint density at radius 1 is 1.19 bits per heavy atom. The molecule has 16 heavy (non-hydrogen) atoms. The Kier molecular flexibility index (Phi) is 6.06. The number of halogens is 3. The van der Waals surface area contributed by atoms with E-state index in [1.165, 1.54) is 26.4 Å². The van der Waals surface area contributed by atoms with Gasteiger partial charge in [-0.15, -0.1) is 12.4 Å². The van der Waals surface area contributed by atoms with Crippen LogP contribution < -0.4 is 15.2 Å². The highest BCUT2D eigenvalue weighted by Crippen LogP contribution is 2.30. The summed E-state index contributed by atoms with van der Waals surface area (Å²) in [7, 11) is 2.89. The van der Waals surface area contributed by atoms with Gasteiger partial charge >= 0.3 is 0 Å². The minimum Gasteiger partial charge on any atom is -0.497 e. The minimum absolute atomic E-state index is 0. The fourth-order valence-electron chi connectivity index (χ4n) is 1.23. The van der Waals surface area contributed by atoms with Crippen molar-refractivity contribution in [3.05, 3.63) is 23.8 Å². The van der Waals surface area contributed by atoms with E-state index >= 15 is 0 Å². The van der Waals surface area contributed by atoms with Gasteiger partial charge in [0.2, 0.25) is 0 Å². The first-order valence-corrected chi connectivity index (χ1v) is 4.35. The standard InChI is InChI=1S/C10H13F2NO2.ClH/c1-14-6-3-4-7(8(5-6)15-2)9(13)10(11)12;/h3-5,9-10H,13H2,1-2H3;1H/t9-;/m0./s1. The maximum Gasteiger partial charge on any atom is 0.257 e. The number of alkyl halides is 2. The lowest BCUT2D eigenvalue weighted by Gasteiger charge is -2.15. The number of rotatable bonds is 4. The molecular weight excluding hydrogens is 240 g/mol. The number of benzene rings is 1. The van der Waals surface area contributed by atoms with Crippen LogP contribution in [0.15, 0.2) is 18.2 Å². The van der Waals surface area contributed by atoms with Gasteiger partial charge in [-0.2, -0.15) is 0 Å². The molecule has 0 saturated heterocycles. The van der Waals surface area contributed by atoms with Crippen LogP contribution in [-0.2, 0) is 0 Å². The van der Waals surface area contributed by atoms with Crippen LogP contribution in [0.4, 0.5) is 8.78 Å². The Hall–Kier alpha value is -1.07. The number of nitrogens with two attached hydrogens (primary N) is 1. The summed E-state index contributed by atoms with van der Waals surface area (Å²) in [6.07, 6.45) is -2.62. The van der Waals surface area contributed by atoms with Crippen molar-refractivity contribution >= 4 is 12.4 Å². The highest BCUT2D eigenvalue weighted by Gasteiger charge is 2.21. The summed E-state index contributed by atoms with van der Waals surface area (Å²) in [5, 5.41) is 0. The summed E-state index contributed by atoms with van der Waals surface area (Å²) in [6, 6.07) is 3.23. The van der Waals surface area contributed by atoms with Crippen molar-refractivity contribution < 1.29 is 18.3 Å². The van der Waals surface area contributed by atoms with Crippen LogP contribution in [0.1, 0.15) is 11.6 Å². The first-order chi connectivity index (χ1) is 7.10. The molecule has 0 bridgehead atoms. The van der Waals surface area contributed by atoms with Crippen LogP contribution in [0, 0.1) is 0 Å². The summed E-state index contributed by atoms with van der Waals surface area (Å²) in [4.78, 5) is 0. The van der Waals surface area contributed by atoms with E-state index in [0.717, 1.165) is 0 Å². The first kappa shape index (κ1) is 14.9. The molecule has 0 unspecified atom stereocenters. The van der Waals surface area contributed by atoms with Crippen LogP contribution in [-0.4, -0.2) is 20.6 Å². The zero-order valence-corrected chi connectivity index (χ0v) is 9.76. The second-order valence-corrected chi connectivity index (χ2v) is 2.97. The third-order valence-corrected chi connectivity index (χ3v) is 2.07. The Labute approximate surface area is 98.9 Å². The fourth-order valence-corrected chi connectivity index (χ4v) is 1.23. The molecule has 0 aliphatic carbocycles. The molecule has 1 atom stereocenters. The molecule has 1 aromatic rings. The molecule has 0 aromatic heterocycles. The molecule has 1 rings (SSSR count). The van der Waals surface area contributed by atoms with Crippen molar-refractivity contribution in [1.82, 2.24) is 0 Å². The molecule has 0 heterocycles. The lowest BCUT2D eigenvalue weighted by atomic mass is 10.1. The molecule has 0 radical (unpaired) electrons. The molecule has 0 aliphatic heterocycles. The van der Waals surface area contributed by atoms with E-state index in [9.17, 15) is 8.78 Å². The second kappa shape index (κ2) is 6.50. The highest BCUT2D eigenvalue weighted by atomic mass is 35.5. The Bertz CT molecular complexity index is 337. The van der Waals surface area contributed by atoms with Crippen molar-refractivity contribution in [2.45, 2.75) is 12.5 Å². The van der Waals surface area contributed by atoms with Crippen LogP contribution in [0.25, 0.3) is 0 Å². The van der Waals surface area contributed by atoms with Gasteiger partial charge in [-0.1, -0.05) is 0 Å². The molecule has 0 aliphatic rings. The lowest BCUT2D eigenvalue weighted by Crippen LogP contribution is -2.19. The Morgan fingerprint density at radius 2 is 1.81 bits per heavy atom. The first-order valence-electron chi connectivity index (χ1n) is 4.35. The average Bonchev–Trinajstić information content (AvgIpc) is 2.27. The van der Waals surface area contributed by atoms with Crippen molar-refractivity contribution in [3.63, 3.8) is 0 Å². The van der Waals surface area contributed by atoms with Gasteiger partial charge in [0.05, 0.1) is 20.3 Å². The van der Waals surface area contributed by atoms with E-state index in [4.69, 9.17) is 15.2 Å². The van der Waals surface area contributed by atoms with Gasteiger partial charge in [0, 0.05) is 11.6 Å². The van der Waals surface area contributed by atoms with E-state index in [1.54, 1.807) is 6.07 Å². The minimum atomic E-state index is -2.62. The monoisotopic (exact) mass is 253 g/mol. The van der Waals surface area contributed by atoms with Gasteiger partial charge < -0.3 is 15.2 Å². The van der Waals surface area contributed by atoms with Crippen molar-refractivity contribution in [2.24, 2.45) is 5.73 Å². The fraction of sp³-hybridized carbons (Fsp3) is 0.400. The summed E-state index contributed by atoms with van der Waals surface area (Å²) in [5.74, 6) is 0.846. The third-order valence-electron chi connectivity index (χ3n) is 2.07. The molecule has 3 nitrogen and oxygen atoms in total. The summed E-state index contributed by atoms with van der Waals surface area (Å²) < 4.78 is 34.7. The van der Waals surface area contributed by atoms with E-state index in [0.29, 0.717) is 11.5 Å². The maximum atomic E-state index is 12.4. The quantitative estimate of drug-likeness (QED) is 0.896. The smallest absolute Gasteiger partial charge is 0.257 e. The van der Waals surface area contributed by atoms with Gasteiger partial charge in [0.1, 0.15) is 11.5 Å². The normalized spacial score (nSPS) is 11.9. The molecule has 0 spiro atoms. The van der Waals surface area contributed by atoms with Gasteiger partial charge in [-0.3, -0.25) is 0 Å². The van der Waals surface area contributed by atoms with Crippen molar-refractivity contribution in [2.75, 3.05) is 14.2 Å². The predicted molar refractivity (Wildman–Crippen MR) is 59.7 cm³/mol. The zero-order chi connectivity index (χ0) is 11.4. The molecule has 0 saturated carbocycles. The second-order valence-electron chi connectivity index (χ2n) is 2.97. The van der Waals surface area contributed by atoms with Gasteiger partial charge in [-0.05, 0) is 12.1 Å². The molecule has 2 N–H and O–H groups in total. The molecular formula is C10H14ClF2NO2. The van der Waals surface area contributed by atoms with E-state index < -0.39 is 12.5 Å². The Morgan fingerprint density at radius 3 is 2.25 bits per heavy atom. The molecule has 6 heteroatoms. The van der Waals surface area contributed by atoms with Gasteiger partial charge in [0.25, 0.3) is 6.43 Å². The van der Waals surface area contributed by atoms with E-state index in [-0.39, 0.29) is 18.0 Å². The summed E-state index contributed by atoms with van der Waals surface area (Å²) >= 11 is 0.